The number of carbonyl (C=O) groups is 1. The minimum absolute atomic E-state index is 0.150. The molecule has 1 aromatic carbocycles. The number of anilines is 1. The van der Waals surface area contributed by atoms with Crippen LogP contribution in [0.3, 0.4) is 0 Å². The lowest BCUT2D eigenvalue weighted by Gasteiger charge is -2.39. The van der Waals surface area contributed by atoms with Gasteiger partial charge in [0.1, 0.15) is 5.75 Å². The van der Waals surface area contributed by atoms with E-state index in [0.717, 1.165) is 16.9 Å². The predicted molar refractivity (Wildman–Crippen MR) is 110 cm³/mol. The summed E-state index contributed by atoms with van der Waals surface area (Å²) in [4.78, 5) is 15.4. The van der Waals surface area contributed by atoms with E-state index in [4.69, 9.17) is 10.5 Å². The first-order valence-corrected chi connectivity index (χ1v) is 10.8. The van der Waals surface area contributed by atoms with E-state index in [9.17, 15) is 4.79 Å². The Morgan fingerprint density at radius 1 is 1.19 bits per heavy atom. The number of rotatable bonds is 6. The molecule has 5 heteroatoms. The van der Waals surface area contributed by atoms with Gasteiger partial charge in [0.2, 0.25) is 0 Å². The molecule has 0 bridgehead atoms. The Morgan fingerprint density at radius 2 is 1.88 bits per heavy atom. The fourth-order valence-corrected chi connectivity index (χ4v) is 4.82. The predicted octanol–water partition coefficient (Wildman–Crippen LogP) is 5.05. The van der Waals surface area contributed by atoms with Gasteiger partial charge >= 0.3 is 0 Å². The minimum atomic E-state index is 0.150. The molecule has 0 atom stereocenters. The zero-order chi connectivity index (χ0) is 18.5. The largest absolute Gasteiger partial charge is 0.496 e. The van der Waals surface area contributed by atoms with Crippen molar-refractivity contribution in [3.63, 3.8) is 0 Å². The smallest absolute Gasteiger partial charge is 0.166 e. The molecule has 0 unspecified atom stereocenters. The van der Waals surface area contributed by atoms with Gasteiger partial charge < -0.3 is 15.4 Å². The van der Waals surface area contributed by atoms with Gasteiger partial charge in [-0.1, -0.05) is 19.3 Å². The first-order valence-electron chi connectivity index (χ1n) is 9.98. The minimum Gasteiger partial charge on any atom is -0.496 e. The normalized spacial score (nSPS) is 20.2. The molecule has 1 aromatic rings. The number of ether oxygens (including phenoxy) is 1. The van der Waals surface area contributed by atoms with Crippen molar-refractivity contribution >= 4 is 27.4 Å². The standard InChI is InChI=1S/C21H31BrN2O2/c1-26-21-14-19(23)18(22)13-17(21)20(25)8-7-15-9-11-24(12-10-15)16-5-3-2-4-6-16/h13-16H,2-12,23H2,1H3. The zero-order valence-corrected chi connectivity index (χ0v) is 17.4. The number of nitrogen functional groups attached to an aromatic ring is 1. The van der Waals surface area contributed by atoms with E-state index in [1.165, 1.54) is 58.0 Å². The zero-order valence-electron chi connectivity index (χ0n) is 15.8. The molecule has 0 radical (unpaired) electrons. The monoisotopic (exact) mass is 422 g/mol. The molecule has 2 aliphatic rings. The third kappa shape index (κ3) is 4.80. The number of halogens is 1. The van der Waals surface area contributed by atoms with Gasteiger partial charge in [0, 0.05) is 28.7 Å². The summed E-state index contributed by atoms with van der Waals surface area (Å²) in [7, 11) is 1.58. The van der Waals surface area contributed by atoms with E-state index < -0.39 is 0 Å². The first kappa shape index (κ1) is 19.7. The number of carbonyl (C=O) groups excluding carboxylic acids is 1. The molecular formula is C21H31BrN2O2. The summed E-state index contributed by atoms with van der Waals surface area (Å²) in [6, 6.07) is 4.34. The Labute approximate surface area is 165 Å². The molecule has 2 fully saturated rings. The molecule has 1 saturated heterocycles. The second-order valence-electron chi connectivity index (χ2n) is 7.81. The summed E-state index contributed by atoms with van der Waals surface area (Å²) in [6.07, 6.45) is 11.0. The summed E-state index contributed by atoms with van der Waals surface area (Å²) in [6.45, 7) is 2.42. The number of methoxy groups -OCH3 is 1. The van der Waals surface area contributed by atoms with Crippen LogP contribution >= 0.6 is 15.9 Å². The van der Waals surface area contributed by atoms with Crippen LogP contribution in [-0.4, -0.2) is 36.9 Å². The maximum atomic E-state index is 12.7. The molecule has 0 amide bonds. The number of hydrogen-bond acceptors (Lipinski definition) is 4. The van der Waals surface area contributed by atoms with Gasteiger partial charge in [0.05, 0.1) is 12.7 Å². The van der Waals surface area contributed by atoms with Crippen LogP contribution in [-0.2, 0) is 0 Å². The quantitative estimate of drug-likeness (QED) is 0.514. The molecule has 26 heavy (non-hydrogen) atoms. The summed E-state index contributed by atoms with van der Waals surface area (Å²) in [5.41, 5.74) is 7.11. The number of piperidine rings is 1. The van der Waals surface area contributed by atoms with Gasteiger partial charge in [0.25, 0.3) is 0 Å². The van der Waals surface area contributed by atoms with Crippen LogP contribution in [0.1, 0.15) is 68.1 Å². The van der Waals surface area contributed by atoms with Crippen molar-refractivity contribution in [3.05, 3.63) is 22.2 Å². The Balaban J connectivity index is 1.49. The Kier molecular flexibility index (Phi) is 6.98. The van der Waals surface area contributed by atoms with Crippen molar-refractivity contribution < 1.29 is 9.53 Å². The third-order valence-electron chi connectivity index (χ3n) is 6.14. The summed E-state index contributed by atoms with van der Waals surface area (Å²) < 4.78 is 6.10. The number of ketones is 1. The molecule has 144 valence electrons. The highest BCUT2D eigenvalue weighted by Crippen LogP contribution is 2.32. The van der Waals surface area contributed by atoms with Crippen LogP contribution in [0, 0.1) is 5.92 Å². The van der Waals surface area contributed by atoms with E-state index >= 15 is 0 Å². The average Bonchev–Trinajstić information content (AvgIpc) is 2.69. The van der Waals surface area contributed by atoms with Crippen molar-refractivity contribution in [2.75, 3.05) is 25.9 Å². The highest BCUT2D eigenvalue weighted by molar-refractivity contribution is 9.10. The topological polar surface area (TPSA) is 55.6 Å². The van der Waals surface area contributed by atoms with Crippen molar-refractivity contribution in [2.45, 2.75) is 63.8 Å². The first-order chi connectivity index (χ1) is 12.6. The molecule has 1 aliphatic heterocycles. The maximum absolute atomic E-state index is 12.7. The number of nitrogens with zero attached hydrogens (tertiary/aromatic N) is 1. The molecule has 4 nitrogen and oxygen atoms in total. The molecule has 3 rings (SSSR count). The number of hydrogen-bond donors (Lipinski definition) is 1. The second-order valence-corrected chi connectivity index (χ2v) is 8.66. The Morgan fingerprint density at radius 3 is 2.54 bits per heavy atom. The molecular weight excluding hydrogens is 392 g/mol. The lowest BCUT2D eigenvalue weighted by atomic mass is 9.87. The number of likely N-dealkylation sites (tertiary alicyclic amines) is 1. The van der Waals surface area contributed by atoms with Crippen LogP contribution in [0.15, 0.2) is 16.6 Å². The Bertz CT molecular complexity index is 621. The van der Waals surface area contributed by atoms with Crippen molar-refractivity contribution in [1.82, 2.24) is 4.90 Å². The van der Waals surface area contributed by atoms with Gasteiger partial charge in [-0.2, -0.15) is 0 Å². The summed E-state index contributed by atoms with van der Waals surface area (Å²) in [5, 5.41) is 0. The van der Waals surface area contributed by atoms with E-state index in [0.29, 0.717) is 29.3 Å². The molecule has 1 heterocycles. The summed E-state index contributed by atoms with van der Waals surface area (Å²) >= 11 is 3.41. The maximum Gasteiger partial charge on any atom is 0.166 e. The van der Waals surface area contributed by atoms with Crippen LogP contribution < -0.4 is 10.5 Å². The summed E-state index contributed by atoms with van der Waals surface area (Å²) in [5.74, 6) is 1.39. The van der Waals surface area contributed by atoms with Gasteiger partial charge in [-0.25, -0.2) is 0 Å². The van der Waals surface area contributed by atoms with Crippen molar-refractivity contribution in [2.24, 2.45) is 5.92 Å². The number of nitrogens with two attached hydrogens (primary N) is 1. The lowest BCUT2D eigenvalue weighted by Crippen LogP contribution is -2.42. The SMILES string of the molecule is COc1cc(N)c(Br)cc1C(=O)CCC1CCN(C2CCCCC2)CC1. The molecule has 0 aromatic heterocycles. The molecule has 0 spiro atoms. The highest BCUT2D eigenvalue weighted by atomic mass is 79.9. The van der Waals surface area contributed by atoms with Crippen molar-refractivity contribution in [3.8, 4) is 5.75 Å². The van der Waals surface area contributed by atoms with Gasteiger partial charge in [0.15, 0.2) is 5.78 Å². The van der Waals surface area contributed by atoms with Crippen molar-refractivity contribution in [1.29, 1.82) is 0 Å². The van der Waals surface area contributed by atoms with E-state index in [1.54, 1.807) is 19.2 Å². The van der Waals surface area contributed by atoms with Gasteiger partial charge in [-0.3, -0.25) is 4.79 Å². The second kappa shape index (κ2) is 9.23. The van der Waals surface area contributed by atoms with Gasteiger partial charge in [-0.05, 0) is 73.1 Å². The van der Waals surface area contributed by atoms with E-state index in [1.807, 2.05) is 0 Å². The fourth-order valence-electron chi connectivity index (χ4n) is 4.48. The number of benzene rings is 1. The van der Waals surface area contributed by atoms with Gasteiger partial charge in [-0.15, -0.1) is 0 Å². The van der Waals surface area contributed by atoms with Crippen LogP contribution in [0.4, 0.5) is 5.69 Å². The average molecular weight is 423 g/mol. The number of Topliss-reactive ketones (excluding diaryl/α,β-unsaturated/α-hetero) is 1. The fraction of sp³-hybridized carbons (Fsp3) is 0.667. The van der Waals surface area contributed by atoms with E-state index in [-0.39, 0.29) is 5.78 Å². The molecule has 1 aliphatic carbocycles. The lowest BCUT2D eigenvalue weighted by molar-refractivity contribution is 0.0913. The molecule has 2 N–H and O–H groups in total. The van der Waals surface area contributed by atoms with Crippen LogP contribution in [0.25, 0.3) is 0 Å². The van der Waals surface area contributed by atoms with Crippen LogP contribution in [0.2, 0.25) is 0 Å². The third-order valence-corrected chi connectivity index (χ3v) is 6.83. The highest BCUT2D eigenvalue weighted by Gasteiger charge is 2.26. The van der Waals surface area contributed by atoms with E-state index in [2.05, 4.69) is 20.8 Å². The van der Waals surface area contributed by atoms with Crippen LogP contribution in [0.5, 0.6) is 5.75 Å². The Hall–Kier alpha value is -1.07. The molecule has 1 saturated carbocycles.